The number of halogens is 1. The number of anilines is 1. The van der Waals surface area contributed by atoms with E-state index in [1.807, 2.05) is 0 Å². The van der Waals surface area contributed by atoms with E-state index in [0.717, 1.165) is 12.8 Å². The fraction of sp³-hybridized carbons (Fsp3) is 0.500. The molecule has 0 spiro atoms. The first-order valence-corrected chi connectivity index (χ1v) is 6.25. The van der Waals surface area contributed by atoms with Crippen molar-refractivity contribution < 1.29 is 9.18 Å². The molecule has 0 aromatic heterocycles. The Morgan fingerprint density at radius 1 is 1.29 bits per heavy atom. The molecule has 2 nitrogen and oxygen atoms in total. The Labute approximate surface area is 101 Å². The molecule has 1 aliphatic carbocycles. The van der Waals surface area contributed by atoms with E-state index in [1.54, 1.807) is 6.07 Å². The van der Waals surface area contributed by atoms with Gasteiger partial charge >= 0.3 is 0 Å². The van der Waals surface area contributed by atoms with Gasteiger partial charge < -0.3 is 5.73 Å². The van der Waals surface area contributed by atoms with Crippen molar-refractivity contribution in [3.8, 4) is 0 Å². The predicted octanol–water partition coefficient (Wildman–Crippen LogP) is 3.56. The highest BCUT2D eigenvalue weighted by Crippen LogP contribution is 2.27. The summed E-state index contributed by atoms with van der Waals surface area (Å²) >= 11 is 0. The molecule has 92 valence electrons. The van der Waals surface area contributed by atoms with Crippen molar-refractivity contribution >= 4 is 11.5 Å². The quantitative estimate of drug-likeness (QED) is 0.643. The highest BCUT2D eigenvalue weighted by Gasteiger charge is 2.18. The second-order valence-corrected chi connectivity index (χ2v) is 4.87. The van der Waals surface area contributed by atoms with E-state index in [9.17, 15) is 9.18 Å². The summed E-state index contributed by atoms with van der Waals surface area (Å²) in [5.74, 6) is 0.0205. The van der Waals surface area contributed by atoms with Gasteiger partial charge in [0.1, 0.15) is 5.82 Å². The van der Waals surface area contributed by atoms with Crippen LogP contribution in [0.2, 0.25) is 0 Å². The van der Waals surface area contributed by atoms with Gasteiger partial charge in [-0.3, -0.25) is 4.79 Å². The number of nitrogens with two attached hydrogens (primary N) is 1. The Bertz CT molecular complexity index is 411. The lowest BCUT2D eigenvalue weighted by Crippen LogP contribution is -2.12. The molecule has 2 N–H and O–H groups in total. The smallest absolute Gasteiger partial charge is 0.163 e. The minimum atomic E-state index is -0.500. The summed E-state index contributed by atoms with van der Waals surface area (Å²) in [5, 5.41) is 0. The van der Waals surface area contributed by atoms with E-state index in [-0.39, 0.29) is 11.5 Å². The number of hydrogen-bond acceptors (Lipinski definition) is 2. The zero-order valence-corrected chi connectivity index (χ0v) is 9.92. The number of nitrogen functional groups attached to an aromatic ring is 1. The van der Waals surface area contributed by atoms with E-state index in [1.165, 1.54) is 31.4 Å². The van der Waals surface area contributed by atoms with E-state index in [2.05, 4.69) is 0 Å². The molecule has 0 unspecified atom stereocenters. The molecule has 1 aliphatic rings. The van der Waals surface area contributed by atoms with Gasteiger partial charge in [-0.25, -0.2) is 4.39 Å². The summed E-state index contributed by atoms with van der Waals surface area (Å²) in [6.45, 7) is 0. The zero-order chi connectivity index (χ0) is 12.3. The lowest BCUT2D eigenvalue weighted by atomic mass is 9.85. The summed E-state index contributed by atoms with van der Waals surface area (Å²) in [6.07, 6.45) is 6.51. The molecular formula is C14H18FNO. The van der Waals surface area contributed by atoms with Crippen LogP contribution >= 0.6 is 0 Å². The first kappa shape index (κ1) is 12.1. The van der Waals surface area contributed by atoms with E-state index >= 15 is 0 Å². The molecule has 1 fully saturated rings. The molecule has 0 amide bonds. The zero-order valence-electron chi connectivity index (χ0n) is 9.92. The Morgan fingerprint density at radius 3 is 2.65 bits per heavy atom. The molecule has 1 aromatic rings. The molecule has 0 radical (unpaired) electrons. The molecule has 3 heteroatoms. The second-order valence-electron chi connectivity index (χ2n) is 4.87. The van der Waals surface area contributed by atoms with E-state index in [4.69, 9.17) is 5.73 Å². The summed E-state index contributed by atoms with van der Waals surface area (Å²) in [7, 11) is 0. The van der Waals surface area contributed by atoms with E-state index in [0.29, 0.717) is 17.9 Å². The molecule has 0 aliphatic heterocycles. The SMILES string of the molecule is Nc1ccc(C(=O)CC2CCCCC2)cc1F. The average Bonchev–Trinajstić information content (AvgIpc) is 2.34. The molecule has 0 atom stereocenters. The average molecular weight is 235 g/mol. The monoisotopic (exact) mass is 235 g/mol. The highest BCUT2D eigenvalue weighted by atomic mass is 19.1. The van der Waals surface area contributed by atoms with Crippen molar-refractivity contribution in [1.29, 1.82) is 0 Å². The van der Waals surface area contributed by atoms with Crippen molar-refractivity contribution in [2.45, 2.75) is 38.5 Å². The number of ketones is 1. The second kappa shape index (κ2) is 5.30. The summed E-state index contributed by atoms with van der Waals surface area (Å²) in [5.41, 5.74) is 5.93. The third-order valence-corrected chi connectivity index (χ3v) is 3.52. The van der Waals surface area contributed by atoms with Gasteiger partial charge in [-0.1, -0.05) is 32.1 Å². The minimum Gasteiger partial charge on any atom is -0.396 e. The Kier molecular flexibility index (Phi) is 3.77. The maximum Gasteiger partial charge on any atom is 0.163 e. The number of benzene rings is 1. The molecule has 17 heavy (non-hydrogen) atoms. The number of hydrogen-bond donors (Lipinski definition) is 1. The van der Waals surface area contributed by atoms with Gasteiger partial charge in [0, 0.05) is 12.0 Å². The van der Waals surface area contributed by atoms with Gasteiger partial charge in [0.25, 0.3) is 0 Å². The standard InChI is InChI=1S/C14H18FNO/c15-12-9-11(6-7-13(12)16)14(17)8-10-4-2-1-3-5-10/h6-7,9-10H,1-5,8,16H2. The number of carbonyl (C=O) groups is 1. The lowest BCUT2D eigenvalue weighted by Gasteiger charge is -2.20. The molecule has 1 saturated carbocycles. The predicted molar refractivity (Wildman–Crippen MR) is 66.3 cm³/mol. The maximum atomic E-state index is 13.2. The van der Waals surface area contributed by atoms with Gasteiger partial charge in [-0.2, -0.15) is 0 Å². The van der Waals surface area contributed by atoms with Gasteiger partial charge in [0.15, 0.2) is 5.78 Å². The van der Waals surface area contributed by atoms with Gasteiger partial charge in [0.2, 0.25) is 0 Å². The lowest BCUT2D eigenvalue weighted by molar-refractivity contribution is 0.0950. The number of rotatable bonds is 3. The van der Waals surface area contributed by atoms with Crippen LogP contribution in [0.5, 0.6) is 0 Å². The summed E-state index contributed by atoms with van der Waals surface area (Å²) in [4.78, 5) is 12.0. The van der Waals surface area contributed by atoms with Crippen LogP contribution in [0, 0.1) is 11.7 Å². The highest BCUT2D eigenvalue weighted by molar-refractivity contribution is 5.96. The molecule has 2 rings (SSSR count). The fourth-order valence-electron chi connectivity index (χ4n) is 2.47. The van der Waals surface area contributed by atoms with E-state index < -0.39 is 5.82 Å². The van der Waals surface area contributed by atoms with Crippen LogP contribution in [0.25, 0.3) is 0 Å². The van der Waals surface area contributed by atoms with Gasteiger partial charge in [-0.15, -0.1) is 0 Å². The Hall–Kier alpha value is -1.38. The van der Waals surface area contributed by atoms with Crippen LogP contribution in [0.1, 0.15) is 48.9 Å². The molecule has 0 saturated heterocycles. The van der Waals surface area contributed by atoms with Gasteiger partial charge in [-0.05, 0) is 24.1 Å². The third kappa shape index (κ3) is 3.05. The van der Waals surface area contributed by atoms with Crippen LogP contribution < -0.4 is 5.73 Å². The normalized spacial score (nSPS) is 17.0. The minimum absolute atomic E-state index is 0.0378. The van der Waals surface area contributed by atoms with Crippen molar-refractivity contribution in [2.75, 3.05) is 5.73 Å². The molecule has 1 aromatic carbocycles. The van der Waals surface area contributed by atoms with Crippen molar-refractivity contribution in [3.05, 3.63) is 29.6 Å². The fourth-order valence-corrected chi connectivity index (χ4v) is 2.47. The largest absolute Gasteiger partial charge is 0.396 e. The van der Waals surface area contributed by atoms with Crippen LogP contribution in [0.15, 0.2) is 18.2 Å². The molecular weight excluding hydrogens is 217 g/mol. The number of Topliss-reactive ketones (excluding diaryl/α,β-unsaturated/α-hetero) is 1. The third-order valence-electron chi connectivity index (χ3n) is 3.52. The summed E-state index contributed by atoms with van der Waals surface area (Å²) in [6, 6.07) is 4.33. The van der Waals surface area contributed by atoms with Crippen molar-refractivity contribution in [3.63, 3.8) is 0 Å². The van der Waals surface area contributed by atoms with Crippen LogP contribution in [0.4, 0.5) is 10.1 Å². The first-order chi connectivity index (χ1) is 8.16. The van der Waals surface area contributed by atoms with Crippen molar-refractivity contribution in [2.24, 2.45) is 5.92 Å². The first-order valence-electron chi connectivity index (χ1n) is 6.25. The van der Waals surface area contributed by atoms with Crippen LogP contribution in [0.3, 0.4) is 0 Å². The Balaban J connectivity index is 2.01. The topological polar surface area (TPSA) is 43.1 Å². The maximum absolute atomic E-state index is 13.2. The van der Waals surface area contributed by atoms with Crippen molar-refractivity contribution in [1.82, 2.24) is 0 Å². The van der Waals surface area contributed by atoms with Crippen LogP contribution in [-0.2, 0) is 0 Å². The summed E-state index contributed by atoms with van der Waals surface area (Å²) < 4.78 is 13.2. The van der Waals surface area contributed by atoms with Crippen LogP contribution in [-0.4, -0.2) is 5.78 Å². The molecule has 0 bridgehead atoms. The molecule has 0 heterocycles. The number of carbonyl (C=O) groups excluding carboxylic acids is 1. The Morgan fingerprint density at radius 2 is 2.00 bits per heavy atom. The van der Waals surface area contributed by atoms with Gasteiger partial charge in [0.05, 0.1) is 5.69 Å².